The third-order valence-corrected chi connectivity index (χ3v) is 4.83. The molecule has 0 bridgehead atoms. The van der Waals surface area contributed by atoms with Crippen LogP contribution in [-0.2, 0) is 15.6 Å². The average Bonchev–Trinajstić information content (AvgIpc) is 3.00. The smallest absolute Gasteiger partial charge is 0.232 e. The molecule has 0 saturated heterocycles. The van der Waals surface area contributed by atoms with Crippen molar-refractivity contribution < 1.29 is 12.8 Å². The lowest BCUT2D eigenvalue weighted by molar-refractivity contribution is 0.582. The van der Waals surface area contributed by atoms with Crippen LogP contribution >= 0.6 is 0 Å². The minimum absolute atomic E-state index is 0.0609. The zero-order valence-electron chi connectivity index (χ0n) is 12.3. The molecule has 5 nitrogen and oxygen atoms in total. The van der Waals surface area contributed by atoms with Gasteiger partial charge in [-0.1, -0.05) is 12.1 Å². The average molecular weight is 331 g/mol. The lowest BCUT2D eigenvalue weighted by Gasteiger charge is -2.09. The van der Waals surface area contributed by atoms with E-state index in [2.05, 4.69) is 9.97 Å². The first-order chi connectivity index (χ1) is 11.0. The molecule has 3 rings (SSSR count). The second-order valence-electron chi connectivity index (χ2n) is 5.15. The van der Waals surface area contributed by atoms with E-state index in [0.717, 1.165) is 11.8 Å². The molecule has 0 aliphatic carbocycles. The molecular weight excluding hydrogens is 317 g/mol. The highest BCUT2D eigenvalue weighted by Crippen LogP contribution is 2.19. The summed E-state index contributed by atoms with van der Waals surface area (Å²) >= 11 is 0. The molecule has 2 heterocycles. The monoisotopic (exact) mass is 331 g/mol. The molecule has 0 amide bonds. The zero-order valence-corrected chi connectivity index (χ0v) is 13.2. The van der Waals surface area contributed by atoms with Gasteiger partial charge in [0.25, 0.3) is 0 Å². The number of benzene rings is 1. The molecule has 0 fully saturated rings. The van der Waals surface area contributed by atoms with Gasteiger partial charge in [-0.3, -0.25) is 9.55 Å². The van der Waals surface area contributed by atoms with E-state index in [1.807, 2.05) is 31.2 Å². The van der Waals surface area contributed by atoms with Crippen LogP contribution in [-0.4, -0.2) is 23.0 Å². The van der Waals surface area contributed by atoms with Gasteiger partial charge >= 0.3 is 0 Å². The van der Waals surface area contributed by atoms with Crippen LogP contribution in [0.4, 0.5) is 4.39 Å². The Hall–Kier alpha value is -2.54. The molecular formula is C16H14FN3O2S. The molecule has 0 saturated carbocycles. The maximum absolute atomic E-state index is 12.9. The Morgan fingerprint density at radius 1 is 1.17 bits per heavy atom. The van der Waals surface area contributed by atoms with E-state index < -0.39 is 15.7 Å². The summed E-state index contributed by atoms with van der Waals surface area (Å²) in [6, 6.07) is 10.00. The van der Waals surface area contributed by atoms with E-state index in [4.69, 9.17) is 0 Å². The third kappa shape index (κ3) is 3.29. The summed E-state index contributed by atoms with van der Waals surface area (Å²) in [5, 5.41) is -0.0609. The van der Waals surface area contributed by atoms with Gasteiger partial charge in [0.1, 0.15) is 11.6 Å². The van der Waals surface area contributed by atoms with Crippen molar-refractivity contribution in [2.24, 2.45) is 0 Å². The number of hydrogen-bond acceptors (Lipinski definition) is 4. The summed E-state index contributed by atoms with van der Waals surface area (Å²) in [6.45, 7) is 1.93. The number of sulfone groups is 1. The van der Waals surface area contributed by atoms with Gasteiger partial charge < -0.3 is 0 Å². The highest BCUT2D eigenvalue weighted by atomic mass is 32.2. The molecule has 23 heavy (non-hydrogen) atoms. The van der Waals surface area contributed by atoms with E-state index in [-0.39, 0.29) is 16.6 Å². The fourth-order valence-electron chi connectivity index (χ4n) is 2.25. The van der Waals surface area contributed by atoms with Crippen molar-refractivity contribution in [3.63, 3.8) is 0 Å². The molecule has 0 aliphatic heterocycles. The zero-order chi connectivity index (χ0) is 16.4. The Kier molecular flexibility index (Phi) is 3.96. The standard InChI is InChI=1S/C16H14FN3O2S/c1-12-3-2-4-15(9-12)20-8-7-18-16(20)23(21,22)11-14-6-5-13(17)10-19-14/h2-10H,11H2,1H3. The van der Waals surface area contributed by atoms with Crippen molar-refractivity contribution in [2.45, 2.75) is 17.8 Å². The van der Waals surface area contributed by atoms with Crippen molar-refractivity contribution in [1.82, 2.24) is 14.5 Å². The molecule has 118 valence electrons. The van der Waals surface area contributed by atoms with Crippen LogP contribution in [0, 0.1) is 12.7 Å². The predicted octanol–water partition coefficient (Wildman–Crippen LogP) is 2.69. The van der Waals surface area contributed by atoms with E-state index in [1.165, 1.54) is 22.9 Å². The van der Waals surface area contributed by atoms with Crippen LogP contribution in [0.2, 0.25) is 0 Å². The lowest BCUT2D eigenvalue weighted by atomic mass is 10.2. The van der Waals surface area contributed by atoms with Crippen molar-refractivity contribution in [3.05, 3.63) is 72.1 Å². The van der Waals surface area contributed by atoms with E-state index in [1.54, 1.807) is 6.20 Å². The summed E-state index contributed by atoms with van der Waals surface area (Å²) < 4.78 is 39.6. The minimum Gasteiger partial charge on any atom is -0.291 e. The van der Waals surface area contributed by atoms with E-state index >= 15 is 0 Å². The molecule has 0 atom stereocenters. The highest BCUT2D eigenvalue weighted by Gasteiger charge is 2.22. The van der Waals surface area contributed by atoms with Crippen LogP contribution in [0.1, 0.15) is 11.3 Å². The molecule has 1 aromatic carbocycles. The van der Waals surface area contributed by atoms with Gasteiger partial charge in [-0.2, -0.15) is 0 Å². The van der Waals surface area contributed by atoms with Gasteiger partial charge in [-0.05, 0) is 36.8 Å². The predicted molar refractivity (Wildman–Crippen MR) is 83.4 cm³/mol. The van der Waals surface area contributed by atoms with Crippen LogP contribution < -0.4 is 0 Å². The first kappa shape index (κ1) is 15.4. The number of imidazole rings is 1. The largest absolute Gasteiger partial charge is 0.291 e. The summed E-state index contributed by atoms with van der Waals surface area (Å²) in [4.78, 5) is 7.78. The van der Waals surface area contributed by atoms with E-state index in [0.29, 0.717) is 5.69 Å². The SMILES string of the molecule is Cc1cccc(-n2ccnc2S(=O)(=O)Cc2ccc(F)cn2)c1. The molecule has 0 aliphatic rings. The molecule has 0 spiro atoms. The Labute approximate surface area is 133 Å². The quantitative estimate of drug-likeness (QED) is 0.737. The second-order valence-corrected chi connectivity index (χ2v) is 7.03. The first-order valence-electron chi connectivity index (χ1n) is 6.89. The maximum Gasteiger partial charge on any atom is 0.232 e. The molecule has 2 aromatic heterocycles. The Balaban J connectivity index is 1.98. The van der Waals surface area contributed by atoms with Crippen LogP contribution in [0.3, 0.4) is 0 Å². The van der Waals surface area contributed by atoms with Crippen LogP contribution in [0.5, 0.6) is 0 Å². The summed E-state index contributed by atoms with van der Waals surface area (Å²) in [6.07, 6.45) is 4.03. The summed E-state index contributed by atoms with van der Waals surface area (Å²) in [5.74, 6) is -0.844. The van der Waals surface area contributed by atoms with Crippen LogP contribution in [0.15, 0.2) is 60.1 Å². The van der Waals surface area contributed by atoms with E-state index in [9.17, 15) is 12.8 Å². The first-order valence-corrected chi connectivity index (χ1v) is 8.54. The number of pyridine rings is 1. The summed E-state index contributed by atoms with van der Waals surface area (Å²) in [7, 11) is -3.71. The lowest BCUT2D eigenvalue weighted by Crippen LogP contribution is -2.12. The van der Waals surface area contributed by atoms with Crippen LogP contribution in [0.25, 0.3) is 5.69 Å². The van der Waals surface area contributed by atoms with Gasteiger partial charge in [0.05, 0.1) is 11.9 Å². The van der Waals surface area contributed by atoms with Crippen molar-refractivity contribution in [3.8, 4) is 5.69 Å². The molecule has 7 heteroatoms. The van der Waals surface area contributed by atoms with Gasteiger partial charge in [-0.15, -0.1) is 0 Å². The number of halogens is 1. The molecule has 3 aromatic rings. The Bertz CT molecular complexity index is 934. The Morgan fingerprint density at radius 3 is 2.70 bits per heavy atom. The fourth-order valence-corrected chi connectivity index (χ4v) is 3.62. The molecule has 0 radical (unpaired) electrons. The number of aromatic nitrogens is 3. The number of nitrogens with zero attached hydrogens (tertiary/aromatic N) is 3. The number of aryl methyl sites for hydroxylation is 1. The maximum atomic E-state index is 12.9. The van der Waals surface area contributed by atoms with Gasteiger partial charge in [-0.25, -0.2) is 17.8 Å². The van der Waals surface area contributed by atoms with Crippen molar-refractivity contribution in [2.75, 3.05) is 0 Å². The topological polar surface area (TPSA) is 64.8 Å². The van der Waals surface area contributed by atoms with Gasteiger partial charge in [0.2, 0.25) is 15.0 Å². The normalized spacial score (nSPS) is 11.6. The fraction of sp³-hybridized carbons (Fsp3) is 0.125. The van der Waals surface area contributed by atoms with Crippen molar-refractivity contribution in [1.29, 1.82) is 0 Å². The highest BCUT2D eigenvalue weighted by molar-refractivity contribution is 7.90. The van der Waals surface area contributed by atoms with Crippen molar-refractivity contribution >= 4 is 9.84 Å². The summed E-state index contributed by atoms with van der Waals surface area (Å²) in [5.41, 5.74) is 2.00. The Morgan fingerprint density at radius 2 is 2.00 bits per heavy atom. The molecule has 0 N–H and O–H groups in total. The minimum atomic E-state index is -3.71. The second kappa shape index (κ2) is 5.92. The number of rotatable bonds is 4. The van der Waals surface area contributed by atoms with Gasteiger partial charge in [0.15, 0.2) is 0 Å². The van der Waals surface area contributed by atoms with Gasteiger partial charge in [0, 0.05) is 18.1 Å². The number of hydrogen-bond donors (Lipinski definition) is 0. The molecule has 0 unspecified atom stereocenters. The third-order valence-electron chi connectivity index (χ3n) is 3.29.